The molecule has 2 heterocycles. The fourth-order valence-corrected chi connectivity index (χ4v) is 3.67. The summed E-state index contributed by atoms with van der Waals surface area (Å²) in [6.45, 7) is 6.77. The number of hydrogen-bond donors (Lipinski definition) is 1. The van der Waals surface area contributed by atoms with Crippen LogP contribution in [0.4, 0.5) is 0 Å². The van der Waals surface area contributed by atoms with E-state index in [1.165, 1.54) is 19.3 Å². The summed E-state index contributed by atoms with van der Waals surface area (Å²) in [6.07, 6.45) is 8.67. The molecule has 4 heteroatoms. The molecule has 1 N–H and O–H groups in total. The van der Waals surface area contributed by atoms with E-state index in [1.54, 1.807) is 0 Å². The number of nitrogens with one attached hydrogen (secondary N) is 1. The summed E-state index contributed by atoms with van der Waals surface area (Å²) in [6, 6.07) is 6.22. The average Bonchev–Trinajstić information content (AvgIpc) is 3.46. The Morgan fingerprint density at radius 2 is 2.12 bits per heavy atom. The zero-order valence-corrected chi connectivity index (χ0v) is 15.8. The summed E-state index contributed by atoms with van der Waals surface area (Å²) in [5.74, 6) is 2.21. The van der Waals surface area contributed by atoms with Crippen molar-refractivity contribution in [1.29, 1.82) is 0 Å². The van der Waals surface area contributed by atoms with E-state index in [0.717, 1.165) is 53.2 Å². The Kier molecular flexibility index (Phi) is 4.75. The summed E-state index contributed by atoms with van der Waals surface area (Å²) in [5, 5.41) is 6.17. The van der Waals surface area contributed by atoms with Crippen molar-refractivity contribution in [3.05, 3.63) is 39.0 Å². The molecule has 1 aromatic heterocycles. The minimum Gasteiger partial charge on any atom is -0.494 e. The highest BCUT2D eigenvalue weighted by molar-refractivity contribution is 5.82. The van der Waals surface area contributed by atoms with Crippen molar-refractivity contribution in [1.82, 2.24) is 9.88 Å². The molecular formula is C22H28N2O2. The van der Waals surface area contributed by atoms with Crippen LogP contribution in [0, 0.1) is 11.8 Å². The maximum Gasteiger partial charge on any atom is 0.260 e. The monoisotopic (exact) mass is 352 g/mol. The van der Waals surface area contributed by atoms with Crippen LogP contribution in [0.1, 0.15) is 39.5 Å². The van der Waals surface area contributed by atoms with Gasteiger partial charge in [-0.1, -0.05) is 19.9 Å². The van der Waals surface area contributed by atoms with E-state index in [-0.39, 0.29) is 5.56 Å². The Morgan fingerprint density at radius 3 is 2.88 bits per heavy atom. The van der Waals surface area contributed by atoms with Crippen LogP contribution >= 0.6 is 0 Å². The number of fused-ring (bicyclic) bond motifs is 3. The van der Waals surface area contributed by atoms with Crippen molar-refractivity contribution in [3.63, 3.8) is 0 Å². The lowest BCUT2D eigenvalue weighted by Gasteiger charge is -2.15. The highest BCUT2D eigenvalue weighted by atomic mass is 16.5. The smallest absolute Gasteiger partial charge is 0.260 e. The predicted molar refractivity (Wildman–Crippen MR) is 107 cm³/mol. The van der Waals surface area contributed by atoms with Gasteiger partial charge in [0.1, 0.15) is 5.75 Å². The normalized spacial score (nSPS) is 16.0. The minimum absolute atomic E-state index is 0.111. The number of hydrogen-bond acceptors (Lipinski definition) is 3. The zero-order chi connectivity index (χ0) is 18.1. The van der Waals surface area contributed by atoms with Gasteiger partial charge in [-0.05, 0) is 54.9 Å². The molecule has 0 atom stereocenters. The molecule has 1 aliphatic carbocycles. The van der Waals surface area contributed by atoms with Crippen molar-refractivity contribution in [2.24, 2.45) is 11.8 Å². The molecule has 2 aliphatic rings. The Hall–Kier alpha value is -2.23. The lowest BCUT2D eigenvalue weighted by atomic mass is 10.1. The van der Waals surface area contributed by atoms with E-state index in [4.69, 9.17) is 4.74 Å². The predicted octanol–water partition coefficient (Wildman–Crippen LogP) is 2.35. The van der Waals surface area contributed by atoms with Crippen LogP contribution in [-0.2, 0) is 6.54 Å². The minimum atomic E-state index is 0.111. The third kappa shape index (κ3) is 3.50. The molecule has 4 rings (SSSR count). The lowest BCUT2D eigenvalue weighted by Crippen LogP contribution is -2.48. The second-order valence-corrected chi connectivity index (χ2v) is 8.01. The molecule has 1 fully saturated rings. The Morgan fingerprint density at radius 1 is 1.27 bits per heavy atom. The molecule has 0 unspecified atom stereocenters. The van der Waals surface area contributed by atoms with Crippen LogP contribution in [0.5, 0.6) is 5.75 Å². The van der Waals surface area contributed by atoms with Gasteiger partial charge in [0.25, 0.3) is 5.56 Å². The van der Waals surface area contributed by atoms with Crippen molar-refractivity contribution in [2.45, 2.75) is 46.1 Å². The Bertz CT molecular complexity index is 984. The first-order valence-electron chi connectivity index (χ1n) is 9.86. The molecule has 0 amide bonds. The third-order valence-corrected chi connectivity index (χ3v) is 5.32. The van der Waals surface area contributed by atoms with E-state index in [2.05, 4.69) is 37.4 Å². The van der Waals surface area contributed by atoms with E-state index in [1.807, 2.05) is 16.8 Å². The number of benzene rings is 1. The maximum atomic E-state index is 13.1. The van der Waals surface area contributed by atoms with Crippen LogP contribution < -0.4 is 26.1 Å². The summed E-state index contributed by atoms with van der Waals surface area (Å²) >= 11 is 0. The van der Waals surface area contributed by atoms with E-state index >= 15 is 0 Å². The maximum absolute atomic E-state index is 13.1. The molecule has 4 nitrogen and oxygen atoms in total. The highest BCUT2D eigenvalue weighted by Gasteiger charge is 2.23. The van der Waals surface area contributed by atoms with E-state index in [0.29, 0.717) is 11.8 Å². The van der Waals surface area contributed by atoms with Gasteiger partial charge in [0, 0.05) is 30.7 Å². The number of aromatic nitrogens is 1. The summed E-state index contributed by atoms with van der Waals surface area (Å²) in [5.41, 5.74) is 1.12. The van der Waals surface area contributed by atoms with Crippen LogP contribution in [0.25, 0.3) is 23.2 Å². The van der Waals surface area contributed by atoms with Crippen molar-refractivity contribution in [2.75, 3.05) is 13.2 Å². The molecule has 1 saturated carbocycles. The Balaban J connectivity index is 1.74. The molecule has 1 aromatic carbocycles. The van der Waals surface area contributed by atoms with Gasteiger partial charge < -0.3 is 14.6 Å². The summed E-state index contributed by atoms with van der Waals surface area (Å²) in [4.78, 5) is 13.1. The SMILES string of the molecule is CC(C)CCCOc1ccc2c3c(c(=O)n(CC4CC4)c2c1)=CNCC=3. The first-order chi connectivity index (χ1) is 12.6. The average molecular weight is 352 g/mol. The van der Waals surface area contributed by atoms with Crippen molar-refractivity contribution in [3.8, 4) is 5.75 Å². The van der Waals surface area contributed by atoms with Gasteiger partial charge in [0.05, 0.1) is 17.3 Å². The quantitative estimate of drug-likeness (QED) is 0.778. The first-order valence-corrected chi connectivity index (χ1v) is 9.86. The van der Waals surface area contributed by atoms with Crippen molar-refractivity contribution < 1.29 is 4.74 Å². The van der Waals surface area contributed by atoms with Gasteiger partial charge in [0.2, 0.25) is 0 Å². The number of rotatable bonds is 7. The second-order valence-electron chi connectivity index (χ2n) is 8.01. The van der Waals surface area contributed by atoms with Gasteiger partial charge in [-0.3, -0.25) is 4.79 Å². The van der Waals surface area contributed by atoms with E-state index < -0.39 is 0 Å². The van der Waals surface area contributed by atoms with Gasteiger partial charge in [-0.15, -0.1) is 0 Å². The fraction of sp³-hybridized carbons (Fsp3) is 0.500. The van der Waals surface area contributed by atoms with Crippen LogP contribution in [-0.4, -0.2) is 17.7 Å². The van der Waals surface area contributed by atoms with Gasteiger partial charge in [-0.2, -0.15) is 0 Å². The van der Waals surface area contributed by atoms with Crippen LogP contribution in [0.2, 0.25) is 0 Å². The van der Waals surface area contributed by atoms with Crippen molar-refractivity contribution >= 4 is 23.2 Å². The molecule has 26 heavy (non-hydrogen) atoms. The second kappa shape index (κ2) is 7.18. The molecule has 0 bridgehead atoms. The van der Waals surface area contributed by atoms with Crippen LogP contribution in [0.3, 0.4) is 0 Å². The fourth-order valence-electron chi connectivity index (χ4n) is 3.67. The third-order valence-electron chi connectivity index (χ3n) is 5.32. The Labute approximate surface area is 154 Å². The molecule has 138 valence electrons. The molecule has 2 aromatic rings. The lowest BCUT2D eigenvalue weighted by molar-refractivity contribution is 0.298. The van der Waals surface area contributed by atoms with Gasteiger partial charge in [-0.25, -0.2) is 0 Å². The largest absolute Gasteiger partial charge is 0.494 e. The molecule has 1 aliphatic heterocycles. The van der Waals surface area contributed by atoms with E-state index in [9.17, 15) is 4.79 Å². The van der Waals surface area contributed by atoms with Gasteiger partial charge in [0.15, 0.2) is 0 Å². The molecule has 0 saturated heterocycles. The zero-order valence-electron chi connectivity index (χ0n) is 15.8. The number of ether oxygens (including phenoxy) is 1. The molecule has 0 spiro atoms. The van der Waals surface area contributed by atoms with Crippen LogP contribution in [0.15, 0.2) is 23.0 Å². The standard InChI is InChI=1S/C22H28N2O2/c1-15(2)4-3-11-26-17-7-8-19-18-9-10-23-13-20(18)22(25)24(21(19)12-17)14-16-5-6-16/h7-9,12-13,15-16,23H,3-6,10-11,14H2,1-2H3. The first kappa shape index (κ1) is 17.2. The molecular weight excluding hydrogens is 324 g/mol. The summed E-state index contributed by atoms with van der Waals surface area (Å²) in [7, 11) is 0. The highest BCUT2D eigenvalue weighted by Crippen LogP contribution is 2.31. The van der Waals surface area contributed by atoms with Gasteiger partial charge >= 0.3 is 0 Å². The number of nitrogens with zero attached hydrogens (tertiary/aromatic N) is 1. The number of pyridine rings is 1. The molecule has 0 radical (unpaired) electrons. The topological polar surface area (TPSA) is 43.3 Å². The summed E-state index contributed by atoms with van der Waals surface area (Å²) < 4.78 is 7.94.